The van der Waals surface area contributed by atoms with Crippen molar-refractivity contribution in [3.63, 3.8) is 0 Å². The fourth-order valence-corrected chi connectivity index (χ4v) is 2.86. The molecule has 3 nitrogen and oxygen atoms in total. The quantitative estimate of drug-likeness (QED) is 0.501. The molecule has 0 saturated heterocycles. The maximum atomic E-state index is 11.2. The highest BCUT2D eigenvalue weighted by Crippen LogP contribution is 2.29. The lowest BCUT2D eigenvalue weighted by molar-refractivity contribution is 0.285. The smallest absolute Gasteiger partial charge is 0.264 e. The Morgan fingerprint density at radius 2 is 1.90 bits per heavy atom. The van der Waals surface area contributed by atoms with E-state index in [2.05, 4.69) is 6.92 Å². The summed E-state index contributed by atoms with van der Waals surface area (Å²) in [6, 6.07) is 7.56. The predicted octanol–water partition coefficient (Wildman–Crippen LogP) is 4.37. The van der Waals surface area contributed by atoms with E-state index in [0.717, 1.165) is 31.1 Å². The van der Waals surface area contributed by atoms with Crippen molar-refractivity contribution in [2.75, 3.05) is 12.9 Å². The molecule has 0 heterocycles. The molecule has 1 unspecified atom stereocenters. The molecular formula is C15H23ClO3S. The van der Waals surface area contributed by atoms with Gasteiger partial charge >= 0.3 is 0 Å². The molecule has 0 amide bonds. The first-order chi connectivity index (χ1) is 9.44. The first kappa shape index (κ1) is 17.5. The van der Waals surface area contributed by atoms with Gasteiger partial charge in [0.05, 0.1) is 12.9 Å². The van der Waals surface area contributed by atoms with Crippen molar-refractivity contribution >= 4 is 21.7 Å². The first-order valence-electron chi connectivity index (χ1n) is 7.03. The number of halogens is 1. The van der Waals surface area contributed by atoms with Crippen molar-refractivity contribution in [3.8, 4) is 0 Å². The topological polar surface area (TPSA) is 43.4 Å². The minimum atomic E-state index is -3.42. The minimum Gasteiger partial charge on any atom is -0.270 e. The second-order valence-corrected chi connectivity index (χ2v) is 7.11. The largest absolute Gasteiger partial charge is 0.270 e. The summed E-state index contributed by atoms with van der Waals surface area (Å²) in [7, 11) is -3.42. The summed E-state index contributed by atoms with van der Waals surface area (Å²) in [6.45, 7) is 2.33. The van der Waals surface area contributed by atoms with Crippen LogP contribution in [0.15, 0.2) is 24.3 Å². The van der Waals surface area contributed by atoms with Gasteiger partial charge in [-0.1, -0.05) is 62.4 Å². The Labute approximate surface area is 127 Å². The van der Waals surface area contributed by atoms with Crippen LogP contribution in [0.2, 0.25) is 5.02 Å². The lowest BCUT2D eigenvalue weighted by Gasteiger charge is -2.18. The van der Waals surface area contributed by atoms with Gasteiger partial charge in [-0.3, -0.25) is 4.18 Å². The second-order valence-electron chi connectivity index (χ2n) is 5.06. The Balaban J connectivity index is 2.71. The fraction of sp³-hybridized carbons (Fsp3) is 0.600. The maximum absolute atomic E-state index is 11.2. The molecule has 1 aromatic carbocycles. The third kappa shape index (κ3) is 6.73. The van der Waals surface area contributed by atoms with E-state index in [4.69, 9.17) is 15.8 Å². The van der Waals surface area contributed by atoms with Crippen LogP contribution in [0.3, 0.4) is 0 Å². The zero-order valence-electron chi connectivity index (χ0n) is 12.1. The van der Waals surface area contributed by atoms with Crippen LogP contribution in [0.25, 0.3) is 0 Å². The fourth-order valence-electron chi connectivity index (χ4n) is 2.16. The molecule has 1 atom stereocenters. The second kappa shape index (κ2) is 8.65. The van der Waals surface area contributed by atoms with Crippen LogP contribution in [0, 0.1) is 0 Å². The highest BCUT2D eigenvalue weighted by molar-refractivity contribution is 7.85. The summed E-state index contributed by atoms with van der Waals surface area (Å²) in [5, 5.41) is 0.671. The highest BCUT2D eigenvalue weighted by Gasteiger charge is 2.17. The first-order valence-corrected chi connectivity index (χ1v) is 9.22. The van der Waals surface area contributed by atoms with Gasteiger partial charge in [0, 0.05) is 10.9 Å². The Morgan fingerprint density at radius 1 is 1.20 bits per heavy atom. The predicted molar refractivity (Wildman–Crippen MR) is 83.7 cm³/mol. The molecule has 0 aliphatic heterocycles. The summed E-state index contributed by atoms with van der Waals surface area (Å²) in [5.74, 6) is 0.0234. The molecule has 0 saturated carbocycles. The third-order valence-corrected chi connectivity index (χ3v) is 4.14. The molecule has 20 heavy (non-hydrogen) atoms. The van der Waals surface area contributed by atoms with Crippen LogP contribution in [0.5, 0.6) is 0 Å². The van der Waals surface area contributed by atoms with Gasteiger partial charge in [0.25, 0.3) is 10.1 Å². The van der Waals surface area contributed by atoms with Gasteiger partial charge in [0.1, 0.15) is 0 Å². The van der Waals surface area contributed by atoms with Gasteiger partial charge in [0.2, 0.25) is 0 Å². The van der Waals surface area contributed by atoms with Gasteiger partial charge in [-0.05, 0) is 18.1 Å². The van der Waals surface area contributed by atoms with Gasteiger partial charge in [-0.2, -0.15) is 8.42 Å². The molecule has 0 radical (unpaired) electrons. The lowest BCUT2D eigenvalue weighted by Crippen LogP contribution is -2.13. The highest BCUT2D eigenvalue weighted by atomic mass is 35.5. The van der Waals surface area contributed by atoms with E-state index < -0.39 is 10.1 Å². The van der Waals surface area contributed by atoms with E-state index in [1.54, 1.807) is 0 Å². The standard InChI is InChI=1S/C15H23ClO3S/c1-3-4-5-6-9-13(12-19-20(2,17)18)14-10-7-8-11-15(14)16/h7-8,10-11,13H,3-6,9,12H2,1-2H3. The number of hydrogen-bond acceptors (Lipinski definition) is 3. The third-order valence-electron chi connectivity index (χ3n) is 3.23. The summed E-state index contributed by atoms with van der Waals surface area (Å²) in [4.78, 5) is 0. The minimum absolute atomic E-state index is 0.0234. The molecule has 1 rings (SSSR count). The van der Waals surface area contributed by atoms with Crippen molar-refractivity contribution in [1.29, 1.82) is 0 Å². The molecule has 114 valence electrons. The van der Waals surface area contributed by atoms with Gasteiger partial charge in [0.15, 0.2) is 0 Å². The molecule has 0 bridgehead atoms. The average molecular weight is 319 g/mol. The van der Waals surface area contributed by atoms with Crippen molar-refractivity contribution in [1.82, 2.24) is 0 Å². The normalized spacial score (nSPS) is 13.3. The SMILES string of the molecule is CCCCCCC(COS(C)(=O)=O)c1ccccc1Cl. The lowest BCUT2D eigenvalue weighted by atomic mass is 9.94. The molecular weight excluding hydrogens is 296 g/mol. The zero-order valence-corrected chi connectivity index (χ0v) is 13.7. The van der Waals surface area contributed by atoms with Crippen LogP contribution in [-0.4, -0.2) is 21.3 Å². The van der Waals surface area contributed by atoms with Gasteiger partial charge in [-0.25, -0.2) is 0 Å². The zero-order chi connectivity index (χ0) is 15.0. The molecule has 0 aromatic heterocycles. The van der Waals surface area contributed by atoms with Crippen molar-refractivity contribution < 1.29 is 12.6 Å². The monoisotopic (exact) mass is 318 g/mol. The van der Waals surface area contributed by atoms with Crippen molar-refractivity contribution in [3.05, 3.63) is 34.9 Å². The average Bonchev–Trinajstić information content (AvgIpc) is 2.38. The van der Waals surface area contributed by atoms with Crippen LogP contribution in [-0.2, 0) is 14.3 Å². The summed E-state index contributed by atoms with van der Waals surface area (Å²) < 4.78 is 27.3. The van der Waals surface area contributed by atoms with Gasteiger partial charge < -0.3 is 0 Å². The number of benzene rings is 1. The molecule has 0 spiro atoms. The molecule has 0 aliphatic rings. The summed E-state index contributed by atoms with van der Waals surface area (Å²) >= 11 is 6.20. The Hall–Kier alpha value is -0.580. The van der Waals surface area contributed by atoms with Crippen LogP contribution in [0.1, 0.15) is 50.5 Å². The van der Waals surface area contributed by atoms with E-state index in [1.807, 2.05) is 24.3 Å². The molecule has 1 aromatic rings. The summed E-state index contributed by atoms with van der Waals surface area (Å²) in [5.41, 5.74) is 0.967. The number of unbranched alkanes of at least 4 members (excludes halogenated alkanes) is 3. The Kier molecular flexibility index (Phi) is 7.56. The Morgan fingerprint density at radius 3 is 2.50 bits per heavy atom. The Bertz CT molecular complexity index is 500. The summed E-state index contributed by atoms with van der Waals surface area (Å²) in [6.07, 6.45) is 6.54. The van der Waals surface area contributed by atoms with Crippen LogP contribution >= 0.6 is 11.6 Å². The van der Waals surface area contributed by atoms with Gasteiger partial charge in [-0.15, -0.1) is 0 Å². The molecule has 0 fully saturated rings. The van der Waals surface area contributed by atoms with E-state index >= 15 is 0 Å². The molecule has 0 aliphatic carbocycles. The van der Waals surface area contributed by atoms with Crippen molar-refractivity contribution in [2.45, 2.75) is 44.9 Å². The maximum Gasteiger partial charge on any atom is 0.264 e. The van der Waals surface area contributed by atoms with Crippen LogP contribution < -0.4 is 0 Å². The van der Waals surface area contributed by atoms with Crippen molar-refractivity contribution in [2.24, 2.45) is 0 Å². The van der Waals surface area contributed by atoms with E-state index in [1.165, 1.54) is 12.8 Å². The van der Waals surface area contributed by atoms with Crippen LogP contribution in [0.4, 0.5) is 0 Å². The van der Waals surface area contributed by atoms with E-state index in [-0.39, 0.29) is 12.5 Å². The van der Waals surface area contributed by atoms with E-state index in [0.29, 0.717) is 5.02 Å². The number of rotatable bonds is 9. The molecule has 0 N–H and O–H groups in total. The number of hydrogen-bond donors (Lipinski definition) is 0. The van der Waals surface area contributed by atoms with E-state index in [9.17, 15) is 8.42 Å². The molecule has 5 heteroatoms.